The monoisotopic (exact) mass is 469 g/mol. The van der Waals surface area contributed by atoms with Crippen LogP contribution in [0.25, 0.3) is 0 Å². The first kappa shape index (κ1) is 24.6. The van der Waals surface area contributed by atoms with Crippen LogP contribution >= 0.6 is 11.6 Å². The highest BCUT2D eigenvalue weighted by atomic mass is 35.5. The largest absolute Gasteiger partial charge is 0.357 e. The van der Waals surface area contributed by atoms with E-state index in [1.54, 1.807) is 25.1 Å². The zero-order chi connectivity index (χ0) is 23.3. The Bertz CT molecular complexity index is 1080. The van der Waals surface area contributed by atoms with Crippen LogP contribution in [-0.4, -0.2) is 51.0 Å². The van der Waals surface area contributed by atoms with E-state index in [4.69, 9.17) is 11.6 Å². The molecule has 0 aliphatic carbocycles. The summed E-state index contributed by atoms with van der Waals surface area (Å²) in [6.07, 6.45) is 0.970. The third-order valence-corrected chi connectivity index (χ3v) is 6.38. The van der Waals surface area contributed by atoms with E-state index in [9.17, 15) is 22.4 Å². The zero-order valence-electron chi connectivity index (χ0n) is 17.7. The molecule has 0 radical (unpaired) electrons. The summed E-state index contributed by atoms with van der Waals surface area (Å²) in [6.45, 7) is 2.48. The summed E-state index contributed by atoms with van der Waals surface area (Å²) in [5.74, 6) is -1.66. The van der Waals surface area contributed by atoms with Crippen LogP contribution in [0.15, 0.2) is 42.5 Å². The molecule has 0 saturated carbocycles. The predicted octanol–water partition coefficient (Wildman–Crippen LogP) is 2.72. The number of sulfonamides is 1. The first-order valence-electron chi connectivity index (χ1n) is 9.44. The van der Waals surface area contributed by atoms with Crippen molar-refractivity contribution in [1.29, 1.82) is 0 Å². The van der Waals surface area contributed by atoms with Gasteiger partial charge in [-0.2, -0.15) is 0 Å². The predicted molar refractivity (Wildman–Crippen MR) is 119 cm³/mol. The van der Waals surface area contributed by atoms with Crippen molar-refractivity contribution in [3.63, 3.8) is 0 Å². The Labute approximate surface area is 186 Å². The lowest BCUT2D eigenvalue weighted by molar-refractivity contribution is -0.139. The quantitative estimate of drug-likeness (QED) is 0.644. The van der Waals surface area contributed by atoms with E-state index in [1.807, 2.05) is 0 Å². The Morgan fingerprint density at radius 2 is 1.84 bits per heavy atom. The SMILES string of the molecule is CNC(=O)[C@@H](C)N(Cc1ccccc1F)C(=O)CN(c1ccc(C)c(Cl)c1)S(C)(=O)=O. The van der Waals surface area contributed by atoms with E-state index in [0.29, 0.717) is 5.02 Å². The fourth-order valence-corrected chi connectivity index (χ4v) is 3.97. The number of nitrogens with one attached hydrogen (secondary N) is 1. The number of aryl methyl sites for hydroxylation is 1. The van der Waals surface area contributed by atoms with Gasteiger partial charge in [0.15, 0.2) is 0 Å². The molecule has 1 atom stereocenters. The first-order chi connectivity index (χ1) is 14.5. The molecule has 2 aromatic carbocycles. The summed E-state index contributed by atoms with van der Waals surface area (Å²) < 4.78 is 40.0. The van der Waals surface area contributed by atoms with Crippen LogP contribution in [0.5, 0.6) is 0 Å². The molecule has 31 heavy (non-hydrogen) atoms. The molecule has 7 nitrogen and oxygen atoms in total. The van der Waals surface area contributed by atoms with Gasteiger partial charge in [-0.25, -0.2) is 12.8 Å². The minimum absolute atomic E-state index is 0.202. The lowest BCUT2D eigenvalue weighted by atomic mass is 10.1. The first-order valence-corrected chi connectivity index (χ1v) is 11.7. The minimum Gasteiger partial charge on any atom is -0.357 e. The van der Waals surface area contributed by atoms with Gasteiger partial charge >= 0.3 is 0 Å². The van der Waals surface area contributed by atoms with Crippen LogP contribution < -0.4 is 9.62 Å². The number of halogens is 2. The Morgan fingerprint density at radius 1 is 1.19 bits per heavy atom. The van der Waals surface area contributed by atoms with Crippen molar-refractivity contribution >= 4 is 39.1 Å². The minimum atomic E-state index is -3.86. The molecule has 0 saturated heterocycles. The van der Waals surface area contributed by atoms with Gasteiger partial charge in [-0.3, -0.25) is 13.9 Å². The fourth-order valence-electron chi connectivity index (χ4n) is 2.95. The Hall–Kier alpha value is -2.65. The molecule has 2 aromatic rings. The standard InChI is InChI=1S/C21H25ClFN3O4S/c1-14-9-10-17(11-18(14)22)26(31(4,29)30)13-20(27)25(15(2)21(28)24-3)12-16-7-5-6-8-19(16)23/h5-11,15H,12-13H2,1-4H3,(H,24,28)/t15-/m1/s1. The number of likely N-dealkylation sites (N-methyl/N-ethyl adjacent to an activating group) is 1. The van der Waals surface area contributed by atoms with Gasteiger partial charge in [-0.1, -0.05) is 35.9 Å². The molecule has 0 aromatic heterocycles. The van der Waals surface area contributed by atoms with Crippen molar-refractivity contribution in [3.8, 4) is 0 Å². The molecule has 2 amide bonds. The number of benzene rings is 2. The van der Waals surface area contributed by atoms with Crippen molar-refractivity contribution in [3.05, 3.63) is 64.4 Å². The molecule has 10 heteroatoms. The van der Waals surface area contributed by atoms with Crippen molar-refractivity contribution in [2.75, 3.05) is 24.2 Å². The van der Waals surface area contributed by atoms with E-state index in [-0.39, 0.29) is 17.8 Å². The van der Waals surface area contributed by atoms with Gasteiger partial charge in [0, 0.05) is 24.2 Å². The normalized spacial score (nSPS) is 12.2. The zero-order valence-corrected chi connectivity index (χ0v) is 19.3. The topological polar surface area (TPSA) is 86.8 Å². The molecule has 0 bridgehead atoms. The van der Waals surface area contributed by atoms with Gasteiger partial charge in [-0.05, 0) is 37.6 Å². The van der Waals surface area contributed by atoms with Crippen LogP contribution in [0.2, 0.25) is 5.02 Å². The lowest BCUT2D eigenvalue weighted by Crippen LogP contribution is -2.50. The maximum absolute atomic E-state index is 14.2. The van der Waals surface area contributed by atoms with Gasteiger partial charge in [0.1, 0.15) is 18.4 Å². The van der Waals surface area contributed by atoms with Crippen LogP contribution in [0.4, 0.5) is 10.1 Å². The average molecular weight is 470 g/mol. The van der Waals surface area contributed by atoms with E-state index in [2.05, 4.69) is 5.32 Å². The lowest BCUT2D eigenvalue weighted by Gasteiger charge is -2.31. The maximum Gasteiger partial charge on any atom is 0.244 e. The number of anilines is 1. The molecule has 0 aliphatic rings. The molecule has 168 valence electrons. The fraction of sp³-hybridized carbons (Fsp3) is 0.333. The van der Waals surface area contributed by atoms with Gasteiger partial charge in [0.05, 0.1) is 11.9 Å². The highest BCUT2D eigenvalue weighted by Crippen LogP contribution is 2.25. The summed E-state index contributed by atoms with van der Waals surface area (Å²) in [6, 6.07) is 9.56. The van der Waals surface area contributed by atoms with E-state index >= 15 is 0 Å². The summed E-state index contributed by atoms with van der Waals surface area (Å²) in [7, 11) is -2.44. The average Bonchev–Trinajstić information content (AvgIpc) is 2.71. The summed E-state index contributed by atoms with van der Waals surface area (Å²) >= 11 is 6.13. The highest BCUT2D eigenvalue weighted by Gasteiger charge is 2.30. The molecule has 0 fully saturated rings. The second kappa shape index (κ2) is 10.1. The van der Waals surface area contributed by atoms with Gasteiger partial charge < -0.3 is 10.2 Å². The van der Waals surface area contributed by atoms with Crippen LogP contribution in [0.1, 0.15) is 18.1 Å². The second-order valence-corrected chi connectivity index (χ2v) is 9.42. The molecular weight excluding hydrogens is 445 g/mol. The summed E-state index contributed by atoms with van der Waals surface area (Å²) in [5, 5.41) is 2.80. The van der Waals surface area contributed by atoms with Gasteiger partial charge in [0.2, 0.25) is 21.8 Å². The number of carbonyl (C=O) groups is 2. The third-order valence-electron chi connectivity index (χ3n) is 4.83. The Balaban J connectivity index is 2.42. The molecule has 2 rings (SSSR count). The number of hydrogen-bond acceptors (Lipinski definition) is 4. The molecule has 0 aliphatic heterocycles. The van der Waals surface area contributed by atoms with Crippen molar-refractivity contribution < 1.29 is 22.4 Å². The highest BCUT2D eigenvalue weighted by molar-refractivity contribution is 7.92. The number of hydrogen-bond donors (Lipinski definition) is 1. The Kier molecular flexibility index (Phi) is 8.02. The van der Waals surface area contributed by atoms with E-state index in [0.717, 1.165) is 21.0 Å². The van der Waals surface area contributed by atoms with E-state index < -0.39 is 40.2 Å². The maximum atomic E-state index is 14.2. The number of amides is 2. The van der Waals surface area contributed by atoms with Crippen LogP contribution in [-0.2, 0) is 26.2 Å². The number of nitrogens with zero attached hydrogens (tertiary/aromatic N) is 2. The molecule has 0 spiro atoms. The van der Waals surface area contributed by atoms with Crippen LogP contribution in [0, 0.1) is 12.7 Å². The Morgan fingerprint density at radius 3 is 2.39 bits per heavy atom. The second-order valence-electron chi connectivity index (χ2n) is 7.11. The molecular formula is C21H25ClFN3O4S. The number of carbonyl (C=O) groups excluding carboxylic acids is 2. The van der Waals surface area contributed by atoms with Crippen molar-refractivity contribution in [2.45, 2.75) is 26.4 Å². The molecule has 0 heterocycles. The summed E-state index contributed by atoms with van der Waals surface area (Å²) in [5.41, 5.74) is 1.17. The van der Waals surface area contributed by atoms with Gasteiger partial charge in [0.25, 0.3) is 0 Å². The van der Waals surface area contributed by atoms with Gasteiger partial charge in [-0.15, -0.1) is 0 Å². The molecule has 0 unspecified atom stereocenters. The smallest absolute Gasteiger partial charge is 0.244 e. The third kappa shape index (κ3) is 6.18. The van der Waals surface area contributed by atoms with Crippen molar-refractivity contribution in [1.82, 2.24) is 10.2 Å². The van der Waals surface area contributed by atoms with Crippen LogP contribution in [0.3, 0.4) is 0 Å². The number of rotatable bonds is 8. The summed E-state index contributed by atoms with van der Waals surface area (Å²) in [4.78, 5) is 26.6. The van der Waals surface area contributed by atoms with Crippen molar-refractivity contribution in [2.24, 2.45) is 0 Å². The molecule has 1 N–H and O–H groups in total. The van der Waals surface area contributed by atoms with E-state index in [1.165, 1.54) is 38.2 Å².